The van der Waals surface area contributed by atoms with Crippen LogP contribution in [0.4, 0.5) is 0 Å². The maximum Gasteiger partial charge on any atom is 0.223 e. The Morgan fingerprint density at radius 3 is 2.46 bits per heavy atom. The zero-order chi connectivity index (χ0) is 17.1. The van der Waals surface area contributed by atoms with Crippen molar-refractivity contribution < 1.29 is 14.3 Å². The highest BCUT2D eigenvalue weighted by Crippen LogP contribution is 2.42. The molecule has 3 rings (SSSR count). The molecule has 3 atom stereocenters. The van der Waals surface area contributed by atoms with Gasteiger partial charge in [0.15, 0.2) is 0 Å². The van der Waals surface area contributed by atoms with Gasteiger partial charge in [0.05, 0.1) is 6.04 Å². The SMILES string of the molecule is COCCC(NC(=O)C1CC2CCC(C1)C2=O)c1ccc(Cl)cc1. The van der Waals surface area contributed by atoms with Gasteiger partial charge in [0.2, 0.25) is 5.91 Å². The Labute approximate surface area is 147 Å². The molecule has 24 heavy (non-hydrogen) atoms. The van der Waals surface area contributed by atoms with Crippen molar-refractivity contribution in [1.82, 2.24) is 5.32 Å². The number of ketones is 1. The molecule has 1 N–H and O–H groups in total. The number of nitrogens with one attached hydrogen (secondary N) is 1. The molecule has 1 amide bonds. The number of methoxy groups -OCH3 is 1. The van der Waals surface area contributed by atoms with Crippen molar-refractivity contribution >= 4 is 23.3 Å². The fourth-order valence-corrected chi connectivity index (χ4v) is 4.15. The summed E-state index contributed by atoms with van der Waals surface area (Å²) < 4.78 is 5.18. The summed E-state index contributed by atoms with van der Waals surface area (Å²) in [7, 11) is 1.66. The second kappa shape index (κ2) is 7.66. The lowest BCUT2D eigenvalue weighted by Crippen LogP contribution is -2.39. The lowest BCUT2D eigenvalue weighted by Gasteiger charge is -2.28. The van der Waals surface area contributed by atoms with Crippen LogP contribution in [-0.4, -0.2) is 25.4 Å². The number of fused-ring (bicyclic) bond motifs is 2. The van der Waals surface area contributed by atoms with Gasteiger partial charge in [-0.15, -0.1) is 0 Å². The molecule has 2 saturated carbocycles. The van der Waals surface area contributed by atoms with Crippen LogP contribution in [-0.2, 0) is 14.3 Å². The van der Waals surface area contributed by atoms with Gasteiger partial charge in [-0.05, 0) is 49.8 Å². The van der Waals surface area contributed by atoms with Crippen molar-refractivity contribution in [3.05, 3.63) is 34.9 Å². The van der Waals surface area contributed by atoms with Gasteiger partial charge in [-0.1, -0.05) is 23.7 Å². The summed E-state index contributed by atoms with van der Waals surface area (Å²) >= 11 is 5.96. The molecule has 2 fully saturated rings. The van der Waals surface area contributed by atoms with Crippen LogP contribution in [0.2, 0.25) is 5.02 Å². The van der Waals surface area contributed by atoms with Crippen LogP contribution in [0, 0.1) is 17.8 Å². The molecular weight excluding hydrogens is 326 g/mol. The zero-order valence-corrected chi connectivity index (χ0v) is 14.7. The largest absolute Gasteiger partial charge is 0.385 e. The van der Waals surface area contributed by atoms with Crippen molar-refractivity contribution in [3.63, 3.8) is 0 Å². The molecule has 130 valence electrons. The Balaban J connectivity index is 1.66. The van der Waals surface area contributed by atoms with Gasteiger partial charge in [0, 0.05) is 36.5 Å². The first-order valence-corrected chi connectivity index (χ1v) is 9.04. The van der Waals surface area contributed by atoms with Crippen molar-refractivity contribution in [2.45, 2.75) is 38.1 Å². The van der Waals surface area contributed by atoms with E-state index in [1.807, 2.05) is 24.3 Å². The van der Waals surface area contributed by atoms with Gasteiger partial charge < -0.3 is 10.1 Å². The molecule has 0 spiro atoms. The highest BCUT2D eigenvalue weighted by Gasteiger charge is 2.43. The second-order valence-corrected chi connectivity index (χ2v) is 7.37. The molecule has 1 aromatic carbocycles. The van der Waals surface area contributed by atoms with Crippen LogP contribution >= 0.6 is 11.6 Å². The molecule has 0 aliphatic heterocycles. The van der Waals surface area contributed by atoms with Gasteiger partial charge in [0.1, 0.15) is 5.78 Å². The van der Waals surface area contributed by atoms with E-state index in [2.05, 4.69) is 5.32 Å². The van der Waals surface area contributed by atoms with E-state index in [0.717, 1.165) is 18.4 Å². The third kappa shape index (κ3) is 3.81. The molecule has 2 bridgehead atoms. The van der Waals surface area contributed by atoms with E-state index in [0.29, 0.717) is 36.7 Å². The Morgan fingerprint density at radius 1 is 1.25 bits per heavy atom. The number of hydrogen-bond donors (Lipinski definition) is 1. The zero-order valence-electron chi connectivity index (χ0n) is 14.0. The van der Waals surface area contributed by atoms with Crippen LogP contribution in [0.5, 0.6) is 0 Å². The van der Waals surface area contributed by atoms with Crippen molar-refractivity contribution in [2.75, 3.05) is 13.7 Å². The Kier molecular flexibility index (Phi) is 5.57. The fraction of sp³-hybridized carbons (Fsp3) is 0.579. The van der Waals surface area contributed by atoms with E-state index in [4.69, 9.17) is 16.3 Å². The average molecular weight is 350 g/mol. The van der Waals surface area contributed by atoms with E-state index in [1.54, 1.807) is 7.11 Å². The van der Waals surface area contributed by atoms with Crippen molar-refractivity contribution in [3.8, 4) is 0 Å². The predicted octanol–water partition coefficient (Wildman–Crippen LogP) is 3.54. The second-order valence-electron chi connectivity index (χ2n) is 6.94. The monoisotopic (exact) mass is 349 g/mol. The molecular formula is C19H24ClNO3. The molecule has 4 nitrogen and oxygen atoms in total. The number of halogens is 1. The van der Waals surface area contributed by atoms with Crippen LogP contribution in [0.25, 0.3) is 0 Å². The standard InChI is InChI=1S/C19H24ClNO3/c1-24-9-8-17(12-4-6-16(20)7-5-12)21-19(23)15-10-13-2-3-14(11-15)18(13)22/h4-7,13-15,17H,2-3,8-11H2,1H3,(H,21,23). The number of hydrogen-bond acceptors (Lipinski definition) is 3. The minimum atomic E-state index is -0.0926. The van der Waals surface area contributed by atoms with Crippen LogP contribution in [0.1, 0.15) is 43.7 Å². The number of Topliss-reactive ketones (excluding diaryl/α,β-unsaturated/α-hetero) is 1. The summed E-state index contributed by atoms with van der Waals surface area (Å²) in [6.45, 7) is 0.571. The van der Waals surface area contributed by atoms with Gasteiger partial charge in [0.25, 0.3) is 0 Å². The number of carbonyl (C=O) groups is 2. The normalized spacial score (nSPS) is 27.1. The highest BCUT2D eigenvalue weighted by molar-refractivity contribution is 6.30. The minimum Gasteiger partial charge on any atom is -0.385 e. The molecule has 0 heterocycles. The Morgan fingerprint density at radius 2 is 1.88 bits per heavy atom. The van der Waals surface area contributed by atoms with E-state index < -0.39 is 0 Å². The molecule has 2 aliphatic carbocycles. The third-order valence-corrected chi connectivity index (χ3v) is 5.63. The molecule has 3 unspecified atom stereocenters. The van der Waals surface area contributed by atoms with Crippen LogP contribution in [0.15, 0.2) is 24.3 Å². The molecule has 2 aliphatic rings. The smallest absolute Gasteiger partial charge is 0.223 e. The Bertz CT molecular complexity index is 585. The number of benzene rings is 1. The van der Waals surface area contributed by atoms with Gasteiger partial charge in [-0.3, -0.25) is 9.59 Å². The Hall–Kier alpha value is -1.39. The van der Waals surface area contributed by atoms with E-state index in [-0.39, 0.29) is 29.7 Å². The number of carbonyl (C=O) groups excluding carboxylic acids is 2. The summed E-state index contributed by atoms with van der Waals surface area (Å²) in [5.41, 5.74) is 1.03. The predicted molar refractivity (Wildman–Crippen MR) is 92.8 cm³/mol. The summed E-state index contributed by atoms with van der Waals surface area (Å²) in [5.74, 6) is 0.612. The topological polar surface area (TPSA) is 55.4 Å². The lowest BCUT2D eigenvalue weighted by atomic mass is 9.79. The molecule has 5 heteroatoms. The van der Waals surface area contributed by atoms with E-state index in [9.17, 15) is 9.59 Å². The summed E-state index contributed by atoms with van der Waals surface area (Å²) in [4.78, 5) is 24.8. The first-order valence-electron chi connectivity index (χ1n) is 8.67. The van der Waals surface area contributed by atoms with Gasteiger partial charge in [-0.2, -0.15) is 0 Å². The van der Waals surface area contributed by atoms with Gasteiger partial charge >= 0.3 is 0 Å². The van der Waals surface area contributed by atoms with Crippen molar-refractivity contribution in [2.24, 2.45) is 17.8 Å². The van der Waals surface area contributed by atoms with Gasteiger partial charge in [-0.25, -0.2) is 0 Å². The van der Waals surface area contributed by atoms with E-state index in [1.165, 1.54) is 0 Å². The summed E-state index contributed by atoms with van der Waals surface area (Å²) in [6, 6.07) is 7.46. The number of rotatable bonds is 6. The quantitative estimate of drug-likeness (QED) is 0.854. The number of amides is 1. The minimum absolute atomic E-state index is 0.0439. The highest BCUT2D eigenvalue weighted by atomic mass is 35.5. The average Bonchev–Trinajstić information content (AvgIpc) is 2.80. The maximum absolute atomic E-state index is 12.7. The fourth-order valence-electron chi connectivity index (χ4n) is 4.03. The number of ether oxygens (including phenoxy) is 1. The van der Waals surface area contributed by atoms with Crippen LogP contribution < -0.4 is 5.32 Å². The maximum atomic E-state index is 12.7. The molecule has 0 aromatic heterocycles. The van der Waals surface area contributed by atoms with Crippen molar-refractivity contribution in [1.29, 1.82) is 0 Å². The first-order chi connectivity index (χ1) is 11.6. The lowest BCUT2D eigenvalue weighted by molar-refractivity contribution is -0.132. The molecule has 0 radical (unpaired) electrons. The first kappa shape index (κ1) is 17.4. The summed E-state index contributed by atoms with van der Waals surface area (Å²) in [6.07, 6.45) is 4.04. The summed E-state index contributed by atoms with van der Waals surface area (Å²) in [5, 5.41) is 3.85. The van der Waals surface area contributed by atoms with E-state index >= 15 is 0 Å². The molecule has 1 aromatic rings. The molecule has 0 saturated heterocycles. The third-order valence-electron chi connectivity index (χ3n) is 5.38. The van der Waals surface area contributed by atoms with Crippen LogP contribution in [0.3, 0.4) is 0 Å².